The topological polar surface area (TPSA) is 132 Å². The lowest BCUT2D eigenvalue weighted by Gasteiger charge is -2.30. The van der Waals surface area contributed by atoms with Crippen LogP contribution < -0.4 is 20.3 Å². The van der Waals surface area contributed by atoms with Crippen molar-refractivity contribution in [3.05, 3.63) is 75.8 Å². The number of rotatable bonds is 6. The maximum atomic E-state index is 13.3. The molecule has 1 aliphatic heterocycles. The number of morpholine rings is 1. The number of amides is 1. The Morgan fingerprint density at radius 3 is 2.67 bits per heavy atom. The van der Waals surface area contributed by atoms with Crippen molar-refractivity contribution < 1.29 is 23.6 Å². The summed E-state index contributed by atoms with van der Waals surface area (Å²) in [4.78, 5) is 30.6. The third-order valence-electron chi connectivity index (χ3n) is 6.34. The van der Waals surface area contributed by atoms with Crippen molar-refractivity contribution in [3.63, 3.8) is 0 Å². The molecular weight excluding hydrogens is 522 g/mol. The Morgan fingerprint density at radius 1 is 1.13 bits per heavy atom. The van der Waals surface area contributed by atoms with Crippen LogP contribution in [0.5, 0.6) is 5.75 Å². The maximum Gasteiger partial charge on any atom is 0.270 e. The Labute approximate surface area is 228 Å². The number of aryl methyl sites for hydroxylation is 1. The molecule has 5 rings (SSSR count). The second-order valence-corrected chi connectivity index (χ2v) is 9.26. The highest BCUT2D eigenvalue weighted by atomic mass is 32.1. The van der Waals surface area contributed by atoms with Crippen LogP contribution in [0.15, 0.2) is 59.0 Å². The molecule has 39 heavy (non-hydrogen) atoms. The number of nitrogens with zero attached hydrogens (tertiary/aromatic N) is 3. The first-order chi connectivity index (χ1) is 18.8. The Hall–Kier alpha value is -4.55. The van der Waals surface area contributed by atoms with Gasteiger partial charge in [-0.05, 0) is 55.0 Å². The Balaban J connectivity index is 1.36. The molecule has 0 aliphatic carbocycles. The lowest BCUT2D eigenvalue weighted by Crippen LogP contribution is -2.39. The van der Waals surface area contributed by atoms with Crippen molar-refractivity contribution in [1.29, 1.82) is 0 Å². The van der Waals surface area contributed by atoms with Crippen molar-refractivity contribution in [2.24, 2.45) is 0 Å². The summed E-state index contributed by atoms with van der Waals surface area (Å²) >= 11 is 5.43. The monoisotopic (exact) mass is 547 g/mol. The number of thiocarbonyl (C=S) groups is 1. The molecule has 0 saturated carbocycles. The van der Waals surface area contributed by atoms with Crippen LogP contribution >= 0.6 is 12.2 Å². The first kappa shape index (κ1) is 26.1. The van der Waals surface area contributed by atoms with Gasteiger partial charge in [0.15, 0.2) is 10.7 Å². The van der Waals surface area contributed by atoms with Crippen LogP contribution in [-0.4, -0.2) is 54.3 Å². The fourth-order valence-corrected chi connectivity index (χ4v) is 4.47. The first-order valence-electron chi connectivity index (χ1n) is 12.1. The average Bonchev–Trinajstić information content (AvgIpc) is 3.37. The van der Waals surface area contributed by atoms with Gasteiger partial charge in [0.25, 0.3) is 11.6 Å². The molecule has 0 radical (unpaired) electrons. The van der Waals surface area contributed by atoms with Gasteiger partial charge in [0.2, 0.25) is 5.89 Å². The molecule has 1 amide bonds. The number of nitro benzene ring substituents is 1. The van der Waals surface area contributed by atoms with E-state index >= 15 is 0 Å². The van der Waals surface area contributed by atoms with Crippen LogP contribution in [0, 0.1) is 17.0 Å². The standard InChI is InChI=1S/C27H25N5O6S/c1-16-3-4-17(26-28-22-15-19(36-2)6-8-24(22)38-26)13-21(16)29-27(39)30-25(33)20-14-18(32(34)35)5-7-23(20)31-9-11-37-12-10-31/h3-8,13-15H,9-12H2,1-2H3,(H2,29,30,33,39). The molecular formula is C27H25N5O6S. The van der Waals surface area contributed by atoms with E-state index in [9.17, 15) is 14.9 Å². The number of carbonyl (C=O) groups excluding carboxylic acids is 1. The fourth-order valence-electron chi connectivity index (χ4n) is 4.27. The smallest absolute Gasteiger partial charge is 0.270 e. The molecule has 1 saturated heterocycles. The van der Waals surface area contributed by atoms with Gasteiger partial charge in [0.1, 0.15) is 11.3 Å². The van der Waals surface area contributed by atoms with Gasteiger partial charge in [-0.1, -0.05) is 6.07 Å². The Kier molecular flexibility index (Phi) is 7.39. The van der Waals surface area contributed by atoms with Crippen molar-refractivity contribution >= 4 is 51.4 Å². The van der Waals surface area contributed by atoms with Gasteiger partial charge in [0, 0.05) is 42.5 Å². The van der Waals surface area contributed by atoms with E-state index in [1.165, 1.54) is 12.1 Å². The van der Waals surface area contributed by atoms with Gasteiger partial charge in [-0.2, -0.15) is 0 Å². The van der Waals surface area contributed by atoms with Gasteiger partial charge >= 0.3 is 0 Å². The third kappa shape index (κ3) is 5.66. The lowest BCUT2D eigenvalue weighted by molar-refractivity contribution is -0.384. The van der Waals surface area contributed by atoms with E-state index in [-0.39, 0.29) is 16.4 Å². The number of oxazole rings is 1. The van der Waals surface area contributed by atoms with Crippen LogP contribution in [0.3, 0.4) is 0 Å². The Morgan fingerprint density at radius 2 is 1.92 bits per heavy atom. The lowest BCUT2D eigenvalue weighted by atomic mass is 10.1. The zero-order chi connectivity index (χ0) is 27.5. The first-order valence-corrected chi connectivity index (χ1v) is 12.5. The predicted octanol–water partition coefficient (Wildman–Crippen LogP) is 4.68. The minimum atomic E-state index is -0.556. The van der Waals surface area contributed by atoms with Crippen LogP contribution in [-0.2, 0) is 4.74 Å². The van der Waals surface area contributed by atoms with E-state index in [1.54, 1.807) is 31.4 Å². The van der Waals surface area contributed by atoms with Crippen molar-refractivity contribution in [2.75, 3.05) is 43.6 Å². The van der Waals surface area contributed by atoms with Gasteiger partial charge < -0.3 is 24.1 Å². The van der Waals surface area contributed by atoms with Crippen LogP contribution in [0.4, 0.5) is 17.1 Å². The molecule has 0 atom stereocenters. The highest BCUT2D eigenvalue weighted by molar-refractivity contribution is 7.80. The normalized spacial score (nSPS) is 13.2. The number of fused-ring (bicyclic) bond motifs is 1. The number of anilines is 2. The quantitative estimate of drug-likeness (QED) is 0.199. The fraction of sp³-hybridized carbons (Fsp3) is 0.222. The summed E-state index contributed by atoms with van der Waals surface area (Å²) < 4.78 is 16.6. The van der Waals surface area contributed by atoms with Crippen LogP contribution in [0.1, 0.15) is 15.9 Å². The second kappa shape index (κ2) is 11.1. The zero-order valence-electron chi connectivity index (χ0n) is 21.2. The summed E-state index contributed by atoms with van der Waals surface area (Å²) in [7, 11) is 1.59. The summed E-state index contributed by atoms with van der Waals surface area (Å²) in [5.74, 6) is 0.539. The molecule has 11 nitrogen and oxygen atoms in total. The number of benzene rings is 3. The van der Waals surface area contributed by atoms with Gasteiger partial charge in [0.05, 0.1) is 36.5 Å². The highest BCUT2D eigenvalue weighted by Crippen LogP contribution is 2.30. The summed E-state index contributed by atoms with van der Waals surface area (Å²) in [6, 6.07) is 15.2. The number of hydrogen-bond donors (Lipinski definition) is 2. The van der Waals surface area contributed by atoms with Gasteiger partial charge in [-0.25, -0.2) is 4.98 Å². The summed E-state index contributed by atoms with van der Waals surface area (Å²) in [6.07, 6.45) is 0. The van der Waals surface area contributed by atoms with E-state index in [1.807, 2.05) is 30.0 Å². The minimum Gasteiger partial charge on any atom is -0.497 e. The minimum absolute atomic E-state index is 0.0435. The zero-order valence-corrected chi connectivity index (χ0v) is 22.0. The molecule has 1 aliphatic rings. The number of aromatic nitrogens is 1. The van der Waals surface area contributed by atoms with E-state index in [2.05, 4.69) is 15.6 Å². The van der Waals surface area contributed by atoms with Crippen molar-refractivity contribution in [1.82, 2.24) is 10.3 Å². The number of non-ortho nitro benzene ring substituents is 1. The highest BCUT2D eigenvalue weighted by Gasteiger charge is 2.23. The van der Waals surface area contributed by atoms with E-state index < -0.39 is 10.8 Å². The summed E-state index contributed by atoms with van der Waals surface area (Å²) in [5.41, 5.74) is 4.06. The largest absolute Gasteiger partial charge is 0.497 e. The van der Waals surface area contributed by atoms with E-state index in [4.69, 9.17) is 26.1 Å². The number of nitro groups is 1. The maximum absolute atomic E-state index is 13.3. The Bertz CT molecular complexity index is 1580. The van der Waals surface area contributed by atoms with Crippen molar-refractivity contribution in [3.8, 4) is 17.2 Å². The number of hydrogen-bond acceptors (Lipinski definition) is 9. The molecule has 1 aromatic heterocycles. The number of nitrogens with one attached hydrogen (secondary N) is 2. The number of carbonyl (C=O) groups is 1. The number of methoxy groups -OCH3 is 1. The number of ether oxygens (including phenoxy) is 2. The van der Waals surface area contributed by atoms with Crippen LogP contribution in [0.25, 0.3) is 22.6 Å². The molecule has 0 unspecified atom stereocenters. The molecule has 12 heteroatoms. The molecule has 0 bridgehead atoms. The second-order valence-electron chi connectivity index (χ2n) is 8.85. The molecule has 2 N–H and O–H groups in total. The van der Waals surface area contributed by atoms with Crippen LogP contribution in [0.2, 0.25) is 0 Å². The van der Waals surface area contributed by atoms with Gasteiger partial charge in [-0.15, -0.1) is 0 Å². The molecule has 200 valence electrons. The average molecular weight is 548 g/mol. The SMILES string of the molecule is COc1ccc2oc(-c3ccc(C)c(NC(=S)NC(=O)c4cc([N+](=O)[O-])ccc4N4CCOCC4)c3)nc2c1. The van der Waals surface area contributed by atoms with Crippen molar-refractivity contribution in [2.45, 2.75) is 6.92 Å². The summed E-state index contributed by atoms with van der Waals surface area (Å²) in [5, 5.41) is 17.1. The predicted molar refractivity (Wildman–Crippen MR) is 151 cm³/mol. The van der Waals surface area contributed by atoms with E-state index in [0.29, 0.717) is 66.0 Å². The molecule has 1 fully saturated rings. The molecule has 4 aromatic rings. The molecule has 2 heterocycles. The third-order valence-corrected chi connectivity index (χ3v) is 6.55. The molecule has 3 aromatic carbocycles. The van der Waals surface area contributed by atoms with E-state index in [0.717, 1.165) is 5.56 Å². The summed E-state index contributed by atoms with van der Waals surface area (Å²) in [6.45, 7) is 4.03. The molecule has 0 spiro atoms. The van der Waals surface area contributed by atoms with Gasteiger partial charge in [-0.3, -0.25) is 20.2 Å².